The third kappa shape index (κ3) is 5.21. The first-order valence-electron chi connectivity index (χ1n) is 17.7. The van der Waals surface area contributed by atoms with E-state index in [0.29, 0.717) is 0 Å². The third-order valence-corrected chi connectivity index (χ3v) is 10.3. The Bertz CT molecular complexity index is 2520. The molecule has 9 aromatic rings. The Morgan fingerprint density at radius 2 is 0.700 bits per heavy atom. The average Bonchev–Trinajstić information content (AvgIpc) is 3.19. The van der Waals surface area contributed by atoms with E-state index in [2.05, 4.69) is 193 Å². The van der Waals surface area contributed by atoms with Crippen LogP contribution >= 0.6 is 0 Å². The van der Waals surface area contributed by atoms with Gasteiger partial charge in [-0.05, 0) is 130 Å². The van der Waals surface area contributed by atoms with Crippen LogP contribution in [0.15, 0.2) is 170 Å². The van der Waals surface area contributed by atoms with Crippen LogP contribution in [-0.4, -0.2) is 9.13 Å². The van der Waals surface area contributed by atoms with Gasteiger partial charge in [-0.25, -0.2) is 0 Å². The Morgan fingerprint density at radius 1 is 0.320 bits per heavy atom. The average molecular weight is 643 g/mol. The molecule has 240 valence electrons. The van der Waals surface area contributed by atoms with E-state index in [1.54, 1.807) is 0 Å². The van der Waals surface area contributed by atoms with Crippen molar-refractivity contribution < 1.29 is 0 Å². The molecule has 4 bridgehead atoms. The summed E-state index contributed by atoms with van der Waals surface area (Å²) < 4.78 is 4.97. The minimum absolute atomic E-state index is 0.857. The third-order valence-electron chi connectivity index (χ3n) is 10.3. The molecule has 2 nitrogen and oxygen atoms in total. The Kier molecular flexibility index (Phi) is 7.43. The molecule has 0 spiro atoms. The van der Waals surface area contributed by atoms with E-state index in [4.69, 9.17) is 0 Å². The number of nitrogens with zero attached hydrogens (tertiary/aromatic N) is 2. The molecule has 0 atom stereocenters. The molecule has 0 radical (unpaired) electrons. The van der Waals surface area contributed by atoms with Crippen molar-refractivity contribution in [1.29, 1.82) is 0 Å². The van der Waals surface area contributed by atoms with Crippen molar-refractivity contribution in [3.8, 4) is 44.5 Å². The quantitative estimate of drug-likeness (QED) is 0.171. The highest BCUT2D eigenvalue weighted by Crippen LogP contribution is 2.36. The van der Waals surface area contributed by atoms with Crippen LogP contribution in [0.2, 0.25) is 0 Å². The van der Waals surface area contributed by atoms with Gasteiger partial charge in [-0.2, -0.15) is 0 Å². The van der Waals surface area contributed by atoms with Crippen molar-refractivity contribution in [2.75, 3.05) is 0 Å². The predicted octanol–water partition coefficient (Wildman–Crippen LogP) is 13.2. The summed E-state index contributed by atoms with van der Waals surface area (Å²) in [6.07, 6.45) is 0. The minimum atomic E-state index is 0.857. The highest BCUT2D eigenvalue weighted by Gasteiger charge is 2.13. The highest BCUT2D eigenvalue weighted by atomic mass is 15.0. The van der Waals surface area contributed by atoms with E-state index in [-0.39, 0.29) is 0 Å². The Balaban J connectivity index is 1.30. The van der Waals surface area contributed by atoms with Crippen LogP contribution in [0.4, 0.5) is 0 Å². The van der Waals surface area contributed by atoms with Gasteiger partial charge >= 0.3 is 0 Å². The number of fused-ring (bicyclic) bond motifs is 2. The van der Waals surface area contributed by atoms with Gasteiger partial charge in [-0.3, -0.25) is 0 Å². The largest absolute Gasteiger partial charge is 0.341 e. The first kappa shape index (κ1) is 30.0. The molecule has 0 N–H and O–H groups in total. The highest BCUT2D eigenvalue weighted by molar-refractivity contribution is 6.06. The summed E-state index contributed by atoms with van der Waals surface area (Å²) >= 11 is 0. The second-order valence-corrected chi connectivity index (χ2v) is 13.2. The van der Waals surface area contributed by atoms with E-state index in [1.165, 1.54) is 88.1 Å². The van der Waals surface area contributed by atoms with Crippen molar-refractivity contribution in [2.24, 2.45) is 0 Å². The van der Waals surface area contributed by atoms with E-state index < -0.39 is 0 Å². The smallest absolute Gasteiger partial charge is 0.0497 e. The molecular formula is C48H38N2. The fourth-order valence-corrected chi connectivity index (χ4v) is 7.77. The van der Waals surface area contributed by atoms with Gasteiger partial charge in [0.25, 0.3) is 0 Å². The summed E-state index contributed by atoms with van der Waals surface area (Å²) in [4.78, 5) is 0. The van der Waals surface area contributed by atoms with Gasteiger partial charge in [0.2, 0.25) is 0 Å². The van der Waals surface area contributed by atoms with Gasteiger partial charge in [0.15, 0.2) is 0 Å². The van der Waals surface area contributed by atoms with Crippen LogP contribution in [0, 0.1) is 0 Å². The topological polar surface area (TPSA) is 9.86 Å². The molecular weight excluding hydrogens is 605 g/mol. The maximum Gasteiger partial charge on any atom is 0.0497 e. The lowest BCUT2D eigenvalue weighted by Gasteiger charge is -2.18. The molecule has 1 heterocycles. The van der Waals surface area contributed by atoms with E-state index in [1.807, 2.05) is 0 Å². The number of benzene rings is 8. The maximum atomic E-state index is 2.48. The molecule has 0 aliphatic rings. The molecule has 8 aromatic carbocycles. The molecule has 0 fully saturated rings. The Labute approximate surface area is 293 Å². The van der Waals surface area contributed by atoms with Crippen molar-refractivity contribution in [2.45, 2.75) is 26.9 Å². The van der Waals surface area contributed by atoms with Gasteiger partial charge in [-0.15, -0.1) is 0 Å². The van der Waals surface area contributed by atoms with Crippen LogP contribution in [-0.2, 0) is 13.1 Å². The maximum absolute atomic E-state index is 2.48. The summed E-state index contributed by atoms with van der Waals surface area (Å²) in [7, 11) is 0. The van der Waals surface area contributed by atoms with Crippen LogP contribution in [0.3, 0.4) is 0 Å². The monoisotopic (exact) mass is 642 g/mol. The first-order valence-corrected chi connectivity index (χ1v) is 17.7. The van der Waals surface area contributed by atoms with Crippen molar-refractivity contribution >= 4 is 43.6 Å². The summed E-state index contributed by atoms with van der Waals surface area (Å²) in [6, 6.07) is 62.7. The molecule has 0 saturated carbocycles. The molecule has 0 saturated heterocycles. The number of aromatic nitrogens is 2. The molecule has 1 aromatic heterocycles. The lowest BCUT2D eigenvalue weighted by Crippen LogP contribution is -2.02. The molecule has 0 amide bonds. The van der Waals surface area contributed by atoms with Crippen LogP contribution in [0.25, 0.3) is 88.1 Å². The second kappa shape index (κ2) is 12.4. The summed E-state index contributed by atoms with van der Waals surface area (Å²) in [5.41, 5.74) is 14.7. The summed E-state index contributed by atoms with van der Waals surface area (Å²) in [5, 5.41) is 5.02. The summed E-state index contributed by atoms with van der Waals surface area (Å²) in [6.45, 7) is 6.23. The number of hydrogen-bond acceptors (Lipinski definition) is 0. The first-order chi connectivity index (χ1) is 24.7. The van der Waals surface area contributed by atoms with Crippen LogP contribution in [0.1, 0.15) is 13.8 Å². The van der Waals surface area contributed by atoms with Gasteiger partial charge in [0, 0.05) is 45.9 Å². The van der Waals surface area contributed by atoms with E-state index in [9.17, 15) is 0 Å². The number of rotatable bonds is 6. The SMILES string of the molecule is CCn1c2ccc3cc(-c4cccc(-c5ccccc5)c4)cc(c3c2)n(CC)c2ccc3cc(-c4cccc(-c5ccccc5)c4)cc1c3c2. The predicted molar refractivity (Wildman–Crippen MR) is 214 cm³/mol. The number of aryl methyl sites for hydroxylation is 2. The Hall–Kier alpha value is -6.12. The van der Waals surface area contributed by atoms with Crippen molar-refractivity contribution in [3.05, 3.63) is 170 Å². The molecule has 0 aliphatic carbocycles. The zero-order valence-electron chi connectivity index (χ0n) is 28.5. The fourth-order valence-electron chi connectivity index (χ4n) is 7.77. The van der Waals surface area contributed by atoms with E-state index in [0.717, 1.165) is 13.1 Å². The normalized spacial score (nSPS) is 11.6. The zero-order chi connectivity index (χ0) is 33.6. The van der Waals surface area contributed by atoms with Gasteiger partial charge in [0.05, 0.1) is 0 Å². The molecule has 50 heavy (non-hydrogen) atoms. The van der Waals surface area contributed by atoms with Crippen molar-refractivity contribution in [1.82, 2.24) is 9.13 Å². The summed E-state index contributed by atoms with van der Waals surface area (Å²) in [5.74, 6) is 0. The van der Waals surface area contributed by atoms with Gasteiger partial charge < -0.3 is 9.13 Å². The second-order valence-electron chi connectivity index (χ2n) is 13.2. The fraction of sp³-hybridized carbons (Fsp3) is 0.0833. The lowest BCUT2D eigenvalue weighted by molar-refractivity contribution is 0.816. The molecule has 0 aliphatic heterocycles. The molecule has 2 heteroatoms. The Morgan fingerprint density at radius 3 is 1.10 bits per heavy atom. The lowest BCUT2D eigenvalue weighted by atomic mass is 9.95. The number of hydrogen-bond donors (Lipinski definition) is 0. The minimum Gasteiger partial charge on any atom is -0.341 e. The van der Waals surface area contributed by atoms with Gasteiger partial charge in [0.1, 0.15) is 0 Å². The van der Waals surface area contributed by atoms with Crippen molar-refractivity contribution in [3.63, 3.8) is 0 Å². The standard InChI is InChI=1S/C48H38N2/c1-3-49-43-23-21-40-28-42(38-20-12-18-36(26-38)34-15-9-6-10-16-34)30-48(46(40)31-43)50(4-2)44-24-22-39-27-41(29-47(49)45(39)32-44)37-19-11-17-35(25-37)33-13-7-5-8-14-33/h5-32H,3-4H2,1-2H3. The van der Waals surface area contributed by atoms with Crippen LogP contribution < -0.4 is 0 Å². The zero-order valence-corrected chi connectivity index (χ0v) is 28.5. The van der Waals surface area contributed by atoms with Gasteiger partial charge in [-0.1, -0.05) is 109 Å². The van der Waals surface area contributed by atoms with E-state index >= 15 is 0 Å². The molecule has 9 rings (SSSR count). The molecule has 0 unspecified atom stereocenters. The van der Waals surface area contributed by atoms with Crippen LogP contribution in [0.5, 0.6) is 0 Å².